The van der Waals surface area contributed by atoms with Crippen molar-refractivity contribution in [3.63, 3.8) is 0 Å². The number of sulfonamides is 1. The Balaban J connectivity index is 1.71. The number of benzene rings is 2. The average molecular weight is 477 g/mol. The normalized spacial score (nSPS) is 12.4. The first kappa shape index (κ1) is 23.2. The predicted octanol–water partition coefficient (Wildman–Crippen LogP) is 4.24. The molecule has 0 radical (unpaired) electrons. The molecule has 0 aliphatic heterocycles. The molecule has 0 unspecified atom stereocenters. The number of aryl methyl sites for hydroxylation is 2. The Hall–Kier alpha value is -2.43. The molecule has 3 rings (SSSR count). The quantitative estimate of drug-likeness (QED) is 0.386. The van der Waals surface area contributed by atoms with E-state index in [4.69, 9.17) is 0 Å². The van der Waals surface area contributed by atoms with Crippen LogP contribution in [0, 0.1) is 13.8 Å². The van der Waals surface area contributed by atoms with Crippen molar-refractivity contribution in [3.8, 4) is 0 Å². The molecule has 0 aliphatic rings. The van der Waals surface area contributed by atoms with E-state index in [1.54, 1.807) is 19.1 Å². The lowest BCUT2D eigenvalue weighted by atomic mass is 10.1. The van der Waals surface area contributed by atoms with Crippen molar-refractivity contribution in [2.24, 2.45) is 0 Å². The van der Waals surface area contributed by atoms with Crippen LogP contribution in [-0.4, -0.2) is 36.8 Å². The number of amides is 1. The van der Waals surface area contributed by atoms with Gasteiger partial charge in [0.05, 0.1) is 11.9 Å². The molecule has 3 aromatic rings. The Morgan fingerprint density at radius 1 is 1.13 bits per heavy atom. The summed E-state index contributed by atoms with van der Waals surface area (Å²) in [4.78, 5) is 12.8. The molecule has 0 aliphatic carbocycles. The van der Waals surface area contributed by atoms with Crippen molar-refractivity contribution in [2.45, 2.75) is 36.9 Å². The molecule has 1 amide bonds. The number of aromatic nitrogens is 2. The Bertz CT molecular complexity index is 1140. The summed E-state index contributed by atoms with van der Waals surface area (Å²) in [5, 5.41) is 11.2. The Labute approximate surface area is 191 Å². The van der Waals surface area contributed by atoms with Gasteiger partial charge in [-0.3, -0.25) is 14.4 Å². The molecule has 1 aromatic heterocycles. The number of carbonyl (C=O) groups excluding carboxylic acids is 1. The first-order valence-electron chi connectivity index (χ1n) is 9.52. The second kappa shape index (κ2) is 9.80. The number of hydrogen-bond donors (Lipinski definition) is 1. The van der Waals surface area contributed by atoms with E-state index in [-0.39, 0.29) is 0 Å². The lowest BCUT2D eigenvalue weighted by Crippen LogP contribution is -2.45. The van der Waals surface area contributed by atoms with Crippen molar-refractivity contribution >= 4 is 49.8 Å². The third-order valence-electron chi connectivity index (χ3n) is 4.39. The fraction of sp³-hybridized carbons (Fsp3) is 0.286. The molecule has 0 saturated heterocycles. The molecule has 1 atom stereocenters. The van der Waals surface area contributed by atoms with Gasteiger partial charge >= 0.3 is 0 Å². The zero-order valence-electron chi connectivity index (χ0n) is 17.7. The van der Waals surface area contributed by atoms with Gasteiger partial charge in [0.2, 0.25) is 21.1 Å². The number of nitrogens with one attached hydrogen (secondary N) is 1. The Kier molecular flexibility index (Phi) is 7.34. The Morgan fingerprint density at radius 2 is 1.77 bits per heavy atom. The van der Waals surface area contributed by atoms with Gasteiger partial charge in [-0.1, -0.05) is 59.5 Å². The minimum absolute atomic E-state index is 0.335. The highest BCUT2D eigenvalue weighted by molar-refractivity contribution is 8.00. The summed E-state index contributed by atoms with van der Waals surface area (Å²) >= 11 is 2.79. The summed E-state index contributed by atoms with van der Waals surface area (Å²) in [7, 11) is -3.69. The highest BCUT2D eigenvalue weighted by Gasteiger charge is 2.30. The van der Waals surface area contributed by atoms with Crippen molar-refractivity contribution in [1.29, 1.82) is 0 Å². The summed E-state index contributed by atoms with van der Waals surface area (Å²) in [5.74, 6) is 0.273. The lowest BCUT2D eigenvalue weighted by Gasteiger charge is -2.28. The van der Waals surface area contributed by atoms with E-state index in [2.05, 4.69) is 15.5 Å². The van der Waals surface area contributed by atoms with Gasteiger partial charge in [-0.2, -0.15) is 0 Å². The smallest absolute Gasteiger partial charge is 0.249 e. The number of nitrogens with zero attached hydrogens (tertiary/aromatic N) is 3. The summed E-state index contributed by atoms with van der Waals surface area (Å²) in [6, 6.07) is 14.5. The molecule has 31 heavy (non-hydrogen) atoms. The van der Waals surface area contributed by atoms with Gasteiger partial charge in [0, 0.05) is 5.75 Å². The SMILES string of the molecule is Cc1cc(C)cc(N([C@@H](C)C(=O)Nc2nnc(SCc3ccccc3)s2)S(C)(=O)=O)c1. The van der Waals surface area contributed by atoms with E-state index in [1.807, 2.05) is 50.2 Å². The highest BCUT2D eigenvalue weighted by atomic mass is 32.2. The van der Waals surface area contributed by atoms with Gasteiger partial charge in [-0.05, 0) is 49.6 Å². The highest BCUT2D eigenvalue weighted by Crippen LogP contribution is 2.29. The number of hydrogen-bond acceptors (Lipinski definition) is 7. The zero-order chi connectivity index (χ0) is 22.6. The van der Waals surface area contributed by atoms with Crippen LogP contribution in [0.15, 0.2) is 52.9 Å². The van der Waals surface area contributed by atoms with Gasteiger partial charge in [0.25, 0.3) is 0 Å². The molecule has 0 fully saturated rings. The van der Waals surface area contributed by atoms with Crippen LogP contribution in [0.4, 0.5) is 10.8 Å². The van der Waals surface area contributed by atoms with Gasteiger partial charge < -0.3 is 0 Å². The second-order valence-corrected chi connectivity index (χ2v) is 11.3. The molecule has 0 bridgehead atoms. The summed E-state index contributed by atoms with van der Waals surface area (Å²) in [5.41, 5.74) is 3.46. The van der Waals surface area contributed by atoms with E-state index in [0.717, 1.165) is 31.8 Å². The van der Waals surface area contributed by atoms with Crippen LogP contribution in [0.5, 0.6) is 0 Å². The monoisotopic (exact) mass is 476 g/mol. The average Bonchev–Trinajstić information content (AvgIpc) is 3.12. The standard InChI is InChI=1S/C21H24N4O3S3/c1-14-10-15(2)12-18(11-14)25(31(4,27)28)16(3)19(26)22-20-23-24-21(30-20)29-13-17-8-6-5-7-9-17/h5-12,16H,13H2,1-4H3,(H,22,23,26)/t16-/m0/s1. The fourth-order valence-electron chi connectivity index (χ4n) is 3.13. The third kappa shape index (κ3) is 6.28. The van der Waals surface area contributed by atoms with Crippen molar-refractivity contribution in [2.75, 3.05) is 15.9 Å². The number of thioether (sulfide) groups is 1. The zero-order valence-corrected chi connectivity index (χ0v) is 20.1. The number of anilines is 2. The first-order valence-corrected chi connectivity index (χ1v) is 13.2. The van der Waals surface area contributed by atoms with Crippen molar-refractivity contribution in [3.05, 3.63) is 65.2 Å². The largest absolute Gasteiger partial charge is 0.299 e. The summed E-state index contributed by atoms with van der Waals surface area (Å²) in [6.45, 7) is 5.33. The molecule has 0 spiro atoms. The number of rotatable bonds is 8. The summed E-state index contributed by atoms with van der Waals surface area (Å²) < 4.78 is 26.8. The molecule has 164 valence electrons. The lowest BCUT2D eigenvalue weighted by molar-refractivity contribution is -0.116. The maximum absolute atomic E-state index is 12.8. The van der Waals surface area contributed by atoms with Crippen LogP contribution >= 0.6 is 23.1 Å². The minimum atomic E-state index is -3.69. The van der Waals surface area contributed by atoms with Crippen LogP contribution in [0.2, 0.25) is 0 Å². The fourth-order valence-corrected chi connectivity index (χ4v) is 6.00. The van der Waals surface area contributed by atoms with E-state index >= 15 is 0 Å². The van der Waals surface area contributed by atoms with Crippen LogP contribution in [0.25, 0.3) is 0 Å². The van der Waals surface area contributed by atoms with Gasteiger partial charge in [-0.25, -0.2) is 8.42 Å². The summed E-state index contributed by atoms with van der Waals surface area (Å²) in [6.07, 6.45) is 1.09. The molecular weight excluding hydrogens is 452 g/mol. The second-order valence-electron chi connectivity index (χ2n) is 7.22. The minimum Gasteiger partial charge on any atom is -0.299 e. The molecule has 1 N–H and O–H groups in total. The first-order chi connectivity index (χ1) is 14.6. The topological polar surface area (TPSA) is 92.3 Å². The molecule has 0 saturated carbocycles. The van der Waals surface area contributed by atoms with Crippen LogP contribution in [0.1, 0.15) is 23.6 Å². The van der Waals surface area contributed by atoms with Crippen LogP contribution < -0.4 is 9.62 Å². The van der Waals surface area contributed by atoms with E-state index in [1.165, 1.54) is 28.7 Å². The van der Waals surface area contributed by atoms with Gasteiger partial charge in [0.15, 0.2) is 4.34 Å². The van der Waals surface area contributed by atoms with E-state index in [9.17, 15) is 13.2 Å². The molecule has 2 aromatic carbocycles. The van der Waals surface area contributed by atoms with Gasteiger partial charge in [-0.15, -0.1) is 10.2 Å². The van der Waals surface area contributed by atoms with Crippen molar-refractivity contribution in [1.82, 2.24) is 10.2 Å². The van der Waals surface area contributed by atoms with E-state index < -0.39 is 22.0 Å². The predicted molar refractivity (Wildman–Crippen MR) is 127 cm³/mol. The Morgan fingerprint density at radius 3 is 2.39 bits per heavy atom. The van der Waals surface area contributed by atoms with Crippen molar-refractivity contribution < 1.29 is 13.2 Å². The molecular formula is C21H24N4O3S3. The number of carbonyl (C=O) groups is 1. The van der Waals surface area contributed by atoms with Gasteiger partial charge in [0.1, 0.15) is 6.04 Å². The van der Waals surface area contributed by atoms with E-state index in [0.29, 0.717) is 10.8 Å². The maximum Gasteiger partial charge on any atom is 0.249 e. The third-order valence-corrected chi connectivity index (χ3v) is 7.68. The molecule has 10 heteroatoms. The molecule has 1 heterocycles. The van der Waals surface area contributed by atoms with Crippen LogP contribution in [0.3, 0.4) is 0 Å². The van der Waals surface area contributed by atoms with Crippen LogP contribution in [-0.2, 0) is 20.6 Å². The maximum atomic E-state index is 12.8. The molecule has 7 nitrogen and oxygen atoms in total.